The molecule has 1 saturated heterocycles. The molecule has 0 radical (unpaired) electrons. The van der Waals surface area contributed by atoms with Gasteiger partial charge in [0.1, 0.15) is 0 Å². The second kappa shape index (κ2) is 9.65. The Bertz CT molecular complexity index is 1060. The van der Waals surface area contributed by atoms with E-state index in [1.807, 2.05) is 60.7 Å². The third-order valence-electron chi connectivity index (χ3n) is 5.32. The number of aryl methyl sites for hydroxylation is 1. The van der Waals surface area contributed by atoms with E-state index in [2.05, 4.69) is 36.1 Å². The Balaban J connectivity index is 1.66. The molecule has 0 N–H and O–H groups in total. The molecule has 0 saturated carbocycles. The van der Waals surface area contributed by atoms with Crippen LogP contribution in [0.25, 0.3) is 12.2 Å². The molecular formula is C27H23Cl2NO. The molecule has 1 aliphatic heterocycles. The summed E-state index contributed by atoms with van der Waals surface area (Å²) in [5.41, 5.74) is 5.97. The fourth-order valence-electron chi connectivity index (χ4n) is 3.69. The summed E-state index contributed by atoms with van der Waals surface area (Å²) in [6.45, 7) is 4.08. The maximum absolute atomic E-state index is 13.3. The molecule has 0 aliphatic carbocycles. The Labute approximate surface area is 193 Å². The van der Waals surface area contributed by atoms with Gasteiger partial charge in [-0.2, -0.15) is 0 Å². The molecule has 4 rings (SSSR count). The molecular weight excluding hydrogens is 425 g/mol. The lowest BCUT2D eigenvalue weighted by Crippen LogP contribution is -2.37. The maximum atomic E-state index is 13.3. The zero-order chi connectivity index (χ0) is 21.8. The van der Waals surface area contributed by atoms with Gasteiger partial charge in [0, 0.05) is 40.8 Å². The second-order valence-electron chi connectivity index (χ2n) is 7.90. The highest BCUT2D eigenvalue weighted by Crippen LogP contribution is 2.24. The van der Waals surface area contributed by atoms with Gasteiger partial charge >= 0.3 is 0 Å². The van der Waals surface area contributed by atoms with Crippen molar-refractivity contribution in [2.24, 2.45) is 0 Å². The van der Waals surface area contributed by atoms with E-state index < -0.39 is 0 Å². The minimum Gasteiger partial charge on any atom is -0.290 e. The molecule has 4 heteroatoms. The third kappa shape index (κ3) is 5.74. The number of Topliss-reactive ketones (excluding diaryl/α,β-unsaturated/α-hetero) is 1. The molecule has 0 spiro atoms. The van der Waals surface area contributed by atoms with Gasteiger partial charge in [-0.05, 0) is 60.0 Å². The first-order valence-corrected chi connectivity index (χ1v) is 11.0. The van der Waals surface area contributed by atoms with Crippen LogP contribution in [-0.4, -0.2) is 23.8 Å². The van der Waals surface area contributed by atoms with Crippen molar-refractivity contribution in [3.05, 3.63) is 116 Å². The smallest absolute Gasteiger partial charge is 0.187 e. The van der Waals surface area contributed by atoms with Crippen molar-refractivity contribution < 1.29 is 4.79 Å². The number of hydrogen-bond acceptors (Lipinski definition) is 2. The molecule has 2 nitrogen and oxygen atoms in total. The number of hydrogen-bond donors (Lipinski definition) is 0. The van der Waals surface area contributed by atoms with Crippen LogP contribution < -0.4 is 0 Å². The lowest BCUT2D eigenvalue weighted by atomic mass is 9.94. The van der Waals surface area contributed by atoms with Gasteiger partial charge < -0.3 is 0 Å². The van der Waals surface area contributed by atoms with Gasteiger partial charge in [0.05, 0.1) is 0 Å². The highest BCUT2D eigenvalue weighted by atomic mass is 35.5. The molecule has 3 aromatic carbocycles. The molecule has 0 amide bonds. The van der Waals surface area contributed by atoms with E-state index in [1.54, 1.807) is 0 Å². The van der Waals surface area contributed by atoms with Crippen LogP contribution >= 0.6 is 23.2 Å². The zero-order valence-corrected chi connectivity index (χ0v) is 18.8. The van der Waals surface area contributed by atoms with E-state index in [0.29, 0.717) is 23.1 Å². The van der Waals surface area contributed by atoms with Crippen LogP contribution in [0.3, 0.4) is 0 Å². The van der Waals surface area contributed by atoms with Crippen molar-refractivity contribution in [3.63, 3.8) is 0 Å². The fourth-order valence-corrected chi connectivity index (χ4v) is 3.95. The second-order valence-corrected chi connectivity index (χ2v) is 8.78. The fraction of sp³-hybridized carbons (Fsp3) is 0.148. The number of carbonyl (C=O) groups is 1. The molecule has 1 heterocycles. The Hall–Kier alpha value is -2.65. The molecule has 1 aliphatic rings. The largest absolute Gasteiger partial charge is 0.290 e. The van der Waals surface area contributed by atoms with Crippen molar-refractivity contribution in [1.29, 1.82) is 0 Å². The number of ketones is 1. The van der Waals surface area contributed by atoms with Gasteiger partial charge in [-0.1, -0.05) is 77.3 Å². The zero-order valence-electron chi connectivity index (χ0n) is 17.3. The number of piperidine rings is 1. The number of carbonyl (C=O) groups excluding carboxylic acids is 1. The van der Waals surface area contributed by atoms with E-state index in [4.69, 9.17) is 23.2 Å². The van der Waals surface area contributed by atoms with Crippen LogP contribution in [0, 0.1) is 6.92 Å². The summed E-state index contributed by atoms with van der Waals surface area (Å²) in [5, 5.41) is 1.36. The van der Waals surface area contributed by atoms with Gasteiger partial charge in [0.2, 0.25) is 0 Å². The molecule has 31 heavy (non-hydrogen) atoms. The first-order chi connectivity index (χ1) is 15.0. The van der Waals surface area contributed by atoms with Crippen LogP contribution in [0.4, 0.5) is 0 Å². The number of nitrogens with zero attached hydrogens (tertiary/aromatic N) is 1. The summed E-state index contributed by atoms with van der Waals surface area (Å²) in [6, 6.07) is 23.7. The Kier molecular flexibility index (Phi) is 6.72. The number of halogens is 2. The van der Waals surface area contributed by atoms with E-state index >= 15 is 0 Å². The monoisotopic (exact) mass is 447 g/mol. The molecule has 0 aromatic heterocycles. The van der Waals surface area contributed by atoms with Crippen LogP contribution in [0.15, 0.2) is 83.9 Å². The van der Waals surface area contributed by atoms with Gasteiger partial charge in [-0.3, -0.25) is 9.69 Å². The van der Waals surface area contributed by atoms with E-state index in [-0.39, 0.29) is 5.78 Å². The maximum Gasteiger partial charge on any atom is 0.187 e. The topological polar surface area (TPSA) is 20.3 Å². The van der Waals surface area contributed by atoms with Crippen molar-refractivity contribution in [1.82, 2.24) is 4.90 Å². The van der Waals surface area contributed by atoms with E-state index in [1.165, 1.54) is 11.1 Å². The minimum absolute atomic E-state index is 0.0880. The summed E-state index contributed by atoms with van der Waals surface area (Å²) < 4.78 is 0. The highest BCUT2D eigenvalue weighted by molar-refractivity contribution is 6.30. The first-order valence-electron chi connectivity index (χ1n) is 10.2. The molecule has 0 bridgehead atoms. The Morgan fingerprint density at radius 2 is 1.19 bits per heavy atom. The quantitative estimate of drug-likeness (QED) is 0.407. The van der Waals surface area contributed by atoms with Crippen molar-refractivity contribution in [2.45, 2.75) is 13.5 Å². The summed E-state index contributed by atoms with van der Waals surface area (Å²) in [5.74, 6) is 0.0880. The van der Waals surface area contributed by atoms with Gasteiger partial charge in [-0.25, -0.2) is 0 Å². The average Bonchev–Trinajstić information content (AvgIpc) is 2.76. The van der Waals surface area contributed by atoms with Crippen molar-refractivity contribution in [2.75, 3.05) is 13.1 Å². The first kappa shape index (κ1) is 21.6. The standard InChI is InChI=1S/C27H23Cl2NO/c1-19-2-4-22(5-3-19)16-30-17-23(14-20-6-10-25(28)11-7-20)27(31)24(18-30)15-21-8-12-26(29)13-9-21/h2-15H,16-18H2,1H3. The van der Waals surface area contributed by atoms with Crippen LogP contribution in [0.5, 0.6) is 0 Å². The Morgan fingerprint density at radius 1 is 0.742 bits per heavy atom. The number of rotatable bonds is 4. The highest BCUT2D eigenvalue weighted by Gasteiger charge is 2.26. The summed E-state index contributed by atoms with van der Waals surface area (Å²) in [6.07, 6.45) is 3.94. The predicted molar refractivity (Wildman–Crippen MR) is 130 cm³/mol. The number of likely N-dealkylation sites (tertiary alicyclic amines) is 1. The van der Waals surface area contributed by atoms with Crippen LogP contribution in [-0.2, 0) is 11.3 Å². The molecule has 0 unspecified atom stereocenters. The van der Waals surface area contributed by atoms with Crippen molar-refractivity contribution >= 4 is 41.1 Å². The number of benzene rings is 3. The van der Waals surface area contributed by atoms with E-state index in [0.717, 1.165) is 28.8 Å². The molecule has 3 aromatic rings. The lowest BCUT2D eigenvalue weighted by Gasteiger charge is -2.30. The van der Waals surface area contributed by atoms with Gasteiger partial charge in [0.25, 0.3) is 0 Å². The summed E-state index contributed by atoms with van der Waals surface area (Å²) in [4.78, 5) is 15.6. The third-order valence-corrected chi connectivity index (χ3v) is 5.82. The SMILES string of the molecule is Cc1ccc(CN2CC(=Cc3ccc(Cl)cc3)C(=O)C(=Cc3ccc(Cl)cc3)C2)cc1. The van der Waals surface area contributed by atoms with E-state index in [9.17, 15) is 4.79 Å². The van der Waals surface area contributed by atoms with Crippen molar-refractivity contribution in [3.8, 4) is 0 Å². The lowest BCUT2D eigenvalue weighted by molar-refractivity contribution is -0.113. The summed E-state index contributed by atoms with van der Waals surface area (Å²) in [7, 11) is 0. The Morgan fingerprint density at radius 3 is 1.65 bits per heavy atom. The minimum atomic E-state index is 0.0880. The van der Waals surface area contributed by atoms with Crippen LogP contribution in [0.2, 0.25) is 10.0 Å². The van der Waals surface area contributed by atoms with Gasteiger partial charge in [-0.15, -0.1) is 0 Å². The molecule has 1 fully saturated rings. The molecule has 0 atom stereocenters. The molecule has 156 valence electrons. The summed E-state index contributed by atoms with van der Waals surface area (Å²) >= 11 is 12.0. The van der Waals surface area contributed by atoms with Gasteiger partial charge in [0.15, 0.2) is 5.78 Å². The predicted octanol–water partition coefficient (Wildman–Crippen LogP) is 6.85. The van der Waals surface area contributed by atoms with Crippen LogP contribution in [0.1, 0.15) is 22.3 Å². The normalized spacial score (nSPS) is 17.5. The average molecular weight is 448 g/mol.